The molecule has 0 aliphatic rings. The van der Waals surface area contributed by atoms with Gasteiger partial charge in [0.05, 0.1) is 0 Å². The van der Waals surface area contributed by atoms with Gasteiger partial charge in [0.15, 0.2) is 0 Å². The Labute approximate surface area is 179 Å². The standard InChI is InChI=1S/C18H17F5NO4P.W/c1-9(2)26-18(25)10(3)24-29(27-11-7-5-4-6-8-11)28-17-15(22)13(20)12(19)14(21)16(17)23;/h4-10,24H,1-3H3;/t10-,29?;/m0./s1. The van der Waals surface area contributed by atoms with Gasteiger partial charge in [-0.1, -0.05) is 0 Å². The van der Waals surface area contributed by atoms with E-state index in [1.807, 2.05) is 0 Å². The minimum atomic E-state index is -3.58. The molecule has 0 amide bonds. The van der Waals surface area contributed by atoms with E-state index in [9.17, 15) is 26.7 Å². The van der Waals surface area contributed by atoms with Gasteiger partial charge in [-0.15, -0.1) is 0 Å². The van der Waals surface area contributed by atoms with E-state index in [0.717, 1.165) is 0 Å². The molecule has 12 heteroatoms. The van der Waals surface area contributed by atoms with Crippen molar-refractivity contribution in [2.45, 2.75) is 32.9 Å². The number of esters is 1. The molecule has 164 valence electrons. The Morgan fingerprint density at radius 3 is 1.90 bits per heavy atom. The van der Waals surface area contributed by atoms with Gasteiger partial charge in [0.2, 0.25) is 0 Å². The monoisotopic (exact) mass is 621 g/mol. The quantitative estimate of drug-likeness (QED) is 0.148. The second-order valence-electron chi connectivity index (χ2n) is 6.23. The molecule has 0 saturated heterocycles. The fraction of sp³-hybridized carbons (Fsp3) is 0.278. The molecule has 0 heterocycles. The van der Waals surface area contributed by atoms with Gasteiger partial charge in [0.1, 0.15) is 0 Å². The van der Waals surface area contributed by atoms with E-state index in [2.05, 4.69) is 5.09 Å². The Morgan fingerprint density at radius 2 is 1.40 bits per heavy atom. The molecule has 2 atom stereocenters. The third-order valence-corrected chi connectivity index (χ3v) is 7.73. The minimum absolute atomic E-state index is 0.196. The molecule has 30 heavy (non-hydrogen) atoms. The van der Waals surface area contributed by atoms with Gasteiger partial charge in [-0.2, -0.15) is 0 Å². The predicted molar refractivity (Wildman–Crippen MR) is 94.7 cm³/mol. The molecule has 0 radical (unpaired) electrons. The second-order valence-corrected chi connectivity index (χ2v) is 13.0. The number of carbonyl (C=O) groups is 1. The van der Waals surface area contributed by atoms with E-state index < -0.39 is 58.5 Å². The number of hydrogen-bond acceptors (Lipinski definition) is 5. The van der Waals surface area contributed by atoms with E-state index in [1.54, 1.807) is 32.0 Å². The topological polar surface area (TPSA) is 56.8 Å². The Morgan fingerprint density at radius 1 is 0.900 bits per heavy atom. The number of para-hydroxylation sites is 1. The van der Waals surface area contributed by atoms with E-state index in [1.165, 1.54) is 19.1 Å². The average Bonchev–Trinajstić information content (AvgIpc) is 2.68. The van der Waals surface area contributed by atoms with Crippen LogP contribution in [-0.4, -0.2) is 18.1 Å². The summed E-state index contributed by atoms with van der Waals surface area (Å²) in [5.41, 5.74) is -3.58. The number of ether oxygens (including phenoxy) is 1. The molecular formula is C18H17F5NO4PW. The Balaban J connectivity index is 2.45. The number of nitrogens with one attached hydrogen (secondary N) is 1. The SMILES string of the molecule is CC(C)OC(=O)[C@H](C)N[P](=[W])(Oc1ccccc1)Oc1c(F)c(F)c(F)c(F)c1F. The first-order chi connectivity index (χ1) is 13.9. The van der Waals surface area contributed by atoms with E-state index in [4.69, 9.17) is 13.8 Å². The van der Waals surface area contributed by atoms with Crippen molar-refractivity contribution in [2.75, 3.05) is 0 Å². The van der Waals surface area contributed by atoms with Crippen LogP contribution in [0.3, 0.4) is 0 Å². The molecule has 0 saturated carbocycles. The number of carbonyl (C=O) groups excluding carboxylic acids is 1. The van der Waals surface area contributed by atoms with Crippen molar-refractivity contribution < 1.29 is 59.3 Å². The van der Waals surface area contributed by atoms with Crippen LogP contribution in [0.4, 0.5) is 22.0 Å². The van der Waals surface area contributed by atoms with E-state index >= 15 is 0 Å². The molecule has 0 bridgehead atoms. The third kappa shape index (κ3) is 5.90. The normalized spacial score (nSPS) is 14.2. The van der Waals surface area contributed by atoms with Gasteiger partial charge < -0.3 is 0 Å². The summed E-state index contributed by atoms with van der Waals surface area (Å²) in [5, 5.41) is 2.66. The Hall–Kier alpha value is -1.76. The molecule has 0 fully saturated rings. The van der Waals surface area contributed by atoms with Gasteiger partial charge >= 0.3 is 180 Å². The summed E-state index contributed by atoms with van der Waals surface area (Å²) in [6.07, 6.45) is -0.440. The zero-order valence-electron chi connectivity index (χ0n) is 15.9. The molecular weight excluding hydrogens is 604 g/mol. The first-order valence-corrected chi connectivity index (χ1v) is 14.0. The van der Waals surface area contributed by atoms with E-state index in [-0.39, 0.29) is 5.75 Å². The van der Waals surface area contributed by atoms with Crippen LogP contribution >= 0.6 is 5.50 Å². The molecule has 2 aromatic rings. The van der Waals surface area contributed by atoms with Crippen molar-refractivity contribution in [2.24, 2.45) is 0 Å². The summed E-state index contributed by atoms with van der Waals surface area (Å²) < 4.78 is 84.8. The van der Waals surface area contributed by atoms with Crippen LogP contribution in [0.1, 0.15) is 20.8 Å². The summed E-state index contributed by atoms with van der Waals surface area (Å²) >= 11 is 0.425. The van der Waals surface area contributed by atoms with Gasteiger partial charge in [-0.3, -0.25) is 0 Å². The molecule has 2 rings (SSSR count). The van der Waals surface area contributed by atoms with Gasteiger partial charge in [-0.05, 0) is 0 Å². The number of halogens is 5. The van der Waals surface area contributed by atoms with Crippen LogP contribution < -0.4 is 14.1 Å². The molecule has 2 aromatic carbocycles. The Bertz CT molecular complexity index is 948. The zero-order chi connectivity index (χ0) is 22.6. The van der Waals surface area contributed by atoms with Crippen molar-refractivity contribution in [1.82, 2.24) is 5.09 Å². The number of benzene rings is 2. The first-order valence-electron chi connectivity index (χ1n) is 8.49. The molecule has 0 spiro atoms. The second kappa shape index (κ2) is 10.0. The van der Waals surface area contributed by atoms with Gasteiger partial charge in [0.25, 0.3) is 0 Å². The fourth-order valence-electron chi connectivity index (χ4n) is 2.10. The van der Waals surface area contributed by atoms with Crippen molar-refractivity contribution in [3.05, 3.63) is 59.4 Å². The van der Waals surface area contributed by atoms with Crippen LogP contribution in [0.15, 0.2) is 30.3 Å². The maximum atomic E-state index is 14.1. The zero-order valence-corrected chi connectivity index (χ0v) is 19.7. The van der Waals surface area contributed by atoms with Gasteiger partial charge in [0, 0.05) is 0 Å². The Kier molecular flexibility index (Phi) is 8.19. The number of hydrogen-bond donors (Lipinski definition) is 1. The maximum absolute atomic E-state index is 14.1. The van der Waals surface area contributed by atoms with Crippen LogP contribution in [-0.2, 0) is 28.3 Å². The summed E-state index contributed by atoms with van der Waals surface area (Å²) in [6.45, 7) is 4.63. The molecule has 1 unspecified atom stereocenters. The molecule has 0 aromatic heterocycles. The molecule has 0 aliphatic carbocycles. The summed E-state index contributed by atoms with van der Waals surface area (Å²) in [4.78, 5) is 12.1. The van der Waals surface area contributed by atoms with Crippen LogP contribution in [0, 0.1) is 29.1 Å². The molecule has 1 N–H and O–H groups in total. The van der Waals surface area contributed by atoms with Crippen LogP contribution in [0.25, 0.3) is 0 Å². The predicted octanol–water partition coefficient (Wildman–Crippen LogP) is 4.99. The fourth-order valence-corrected chi connectivity index (χ4v) is 7.06. The van der Waals surface area contributed by atoms with Crippen molar-refractivity contribution in [3.8, 4) is 11.5 Å². The van der Waals surface area contributed by atoms with E-state index in [0.29, 0.717) is 18.8 Å². The third-order valence-electron chi connectivity index (χ3n) is 3.41. The summed E-state index contributed by atoms with van der Waals surface area (Å²) in [6, 6.07) is 6.81. The van der Waals surface area contributed by atoms with Crippen molar-refractivity contribution in [1.29, 1.82) is 0 Å². The number of rotatable bonds is 8. The summed E-state index contributed by atoms with van der Waals surface area (Å²) in [5.74, 6) is -12.9. The van der Waals surface area contributed by atoms with Crippen molar-refractivity contribution in [3.63, 3.8) is 0 Å². The molecule has 0 aliphatic heterocycles. The van der Waals surface area contributed by atoms with Gasteiger partial charge in [-0.25, -0.2) is 0 Å². The first kappa shape index (κ1) is 24.5. The average molecular weight is 621 g/mol. The van der Waals surface area contributed by atoms with Crippen LogP contribution in [0.2, 0.25) is 0 Å². The molecule has 5 nitrogen and oxygen atoms in total. The van der Waals surface area contributed by atoms with Crippen LogP contribution in [0.5, 0.6) is 11.5 Å². The summed E-state index contributed by atoms with van der Waals surface area (Å²) in [7, 11) is 0. The van der Waals surface area contributed by atoms with Crippen molar-refractivity contribution >= 4 is 11.5 Å².